The molecule has 1 atom stereocenters. The summed E-state index contributed by atoms with van der Waals surface area (Å²) in [6.07, 6.45) is 1.23. The van der Waals surface area contributed by atoms with E-state index in [1.807, 2.05) is 0 Å². The Bertz CT molecular complexity index is 1310. The van der Waals surface area contributed by atoms with Crippen molar-refractivity contribution in [2.45, 2.75) is 36.9 Å². The summed E-state index contributed by atoms with van der Waals surface area (Å²) in [5, 5.41) is 0.977. The van der Waals surface area contributed by atoms with Gasteiger partial charge in [0.25, 0.3) is 10.0 Å². The van der Waals surface area contributed by atoms with E-state index < -0.39 is 16.1 Å². The SMILES string of the molecule is Cc1cc(C)c2nc(N3CCN(C(=O)[C@@H]4CCCN4S(=O)(=O)c4ccc(Cl)s4)CC3)sc2c1. The number of hydrogen-bond acceptors (Lipinski definition) is 7. The lowest BCUT2D eigenvalue weighted by Crippen LogP contribution is -2.54. The van der Waals surface area contributed by atoms with Gasteiger partial charge in [0.1, 0.15) is 10.3 Å². The van der Waals surface area contributed by atoms with Gasteiger partial charge in [0, 0.05) is 32.7 Å². The zero-order valence-electron chi connectivity index (χ0n) is 18.5. The number of benzene rings is 1. The number of thiophene rings is 1. The highest BCUT2D eigenvalue weighted by Gasteiger charge is 2.42. The van der Waals surface area contributed by atoms with Gasteiger partial charge in [-0.15, -0.1) is 11.3 Å². The van der Waals surface area contributed by atoms with Crippen molar-refractivity contribution < 1.29 is 13.2 Å². The van der Waals surface area contributed by atoms with Gasteiger partial charge in [-0.05, 0) is 56.0 Å². The fraction of sp³-hybridized carbons (Fsp3) is 0.455. The number of hydrogen-bond donors (Lipinski definition) is 0. The summed E-state index contributed by atoms with van der Waals surface area (Å²) < 4.78 is 29.4. The van der Waals surface area contributed by atoms with Crippen LogP contribution in [0.1, 0.15) is 24.0 Å². The minimum atomic E-state index is -3.73. The second kappa shape index (κ2) is 8.81. The molecule has 0 saturated carbocycles. The summed E-state index contributed by atoms with van der Waals surface area (Å²) in [4.78, 5) is 22.2. The summed E-state index contributed by atoms with van der Waals surface area (Å²) in [6.45, 7) is 7.02. The summed E-state index contributed by atoms with van der Waals surface area (Å²) in [5.74, 6) is -0.103. The van der Waals surface area contributed by atoms with Gasteiger partial charge in [-0.1, -0.05) is 29.0 Å². The van der Waals surface area contributed by atoms with Crippen LogP contribution in [0, 0.1) is 13.8 Å². The van der Waals surface area contributed by atoms with Gasteiger partial charge in [-0.3, -0.25) is 4.79 Å². The molecular weight excluding hydrogens is 500 g/mol. The lowest BCUT2D eigenvalue weighted by atomic mass is 10.1. The third-order valence-corrected chi connectivity index (χ3v) is 11.0. The second-order valence-electron chi connectivity index (χ2n) is 8.57. The maximum atomic E-state index is 13.3. The van der Waals surface area contributed by atoms with Crippen molar-refractivity contribution in [3.8, 4) is 0 Å². The van der Waals surface area contributed by atoms with Crippen molar-refractivity contribution in [2.24, 2.45) is 0 Å². The first-order valence-corrected chi connectivity index (χ1v) is 14.4. The number of nitrogens with zero attached hydrogens (tertiary/aromatic N) is 4. The number of thiazole rings is 1. The molecule has 11 heteroatoms. The van der Waals surface area contributed by atoms with Gasteiger partial charge < -0.3 is 9.80 Å². The fourth-order valence-electron chi connectivity index (χ4n) is 4.65. The molecule has 2 aliphatic rings. The Morgan fingerprint density at radius 3 is 2.55 bits per heavy atom. The first-order chi connectivity index (χ1) is 15.7. The molecule has 0 spiro atoms. The number of anilines is 1. The van der Waals surface area contributed by atoms with Gasteiger partial charge in [0.05, 0.1) is 14.6 Å². The smallest absolute Gasteiger partial charge is 0.253 e. The van der Waals surface area contributed by atoms with Crippen LogP contribution in [0.15, 0.2) is 28.5 Å². The number of piperazine rings is 1. The number of carbonyl (C=O) groups is 1. The summed E-state index contributed by atoms with van der Waals surface area (Å²) in [5.41, 5.74) is 3.45. The molecule has 1 amide bonds. The van der Waals surface area contributed by atoms with Gasteiger partial charge in [-0.2, -0.15) is 4.31 Å². The number of aryl methyl sites for hydroxylation is 2. The van der Waals surface area contributed by atoms with Crippen molar-refractivity contribution in [1.29, 1.82) is 0 Å². The number of aromatic nitrogens is 1. The van der Waals surface area contributed by atoms with Gasteiger partial charge >= 0.3 is 0 Å². The lowest BCUT2D eigenvalue weighted by Gasteiger charge is -2.37. The maximum Gasteiger partial charge on any atom is 0.253 e. The zero-order chi connectivity index (χ0) is 23.3. The Labute approximate surface area is 206 Å². The van der Waals surface area contributed by atoms with Crippen LogP contribution in [0.25, 0.3) is 10.2 Å². The molecule has 0 unspecified atom stereocenters. The highest BCUT2D eigenvalue weighted by atomic mass is 35.5. The Balaban J connectivity index is 1.28. The van der Waals surface area contributed by atoms with E-state index in [1.54, 1.807) is 22.3 Å². The van der Waals surface area contributed by atoms with Gasteiger partial charge in [0.2, 0.25) is 5.91 Å². The number of amides is 1. The molecule has 0 bridgehead atoms. The van der Waals surface area contributed by atoms with E-state index in [0.29, 0.717) is 49.9 Å². The summed E-state index contributed by atoms with van der Waals surface area (Å²) in [7, 11) is -3.73. The molecule has 1 aromatic carbocycles. The molecular formula is C22H25ClN4O3S3. The molecule has 0 aliphatic carbocycles. The Kier molecular flexibility index (Phi) is 6.15. The quantitative estimate of drug-likeness (QED) is 0.513. The predicted octanol–water partition coefficient (Wildman–Crippen LogP) is 4.13. The van der Waals surface area contributed by atoms with Crippen molar-refractivity contribution >= 4 is 65.6 Å². The van der Waals surface area contributed by atoms with Crippen LogP contribution in [-0.2, 0) is 14.8 Å². The Morgan fingerprint density at radius 1 is 1.09 bits per heavy atom. The van der Waals surface area contributed by atoms with Crippen LogP contribution in [-0.4, -0.2) is 67.3 Å². The topological polar surface area (TPSA) is 73.8 Å². The van der Waals surface area contributed by atoms with Crippen LogP contribution >= 0.6 is 34.3 Å². The Hall–Kier alpha value is -1.72. The second-order valence-corrected chi connectivity index (χ2v) is 13.4. The van der Waals surface area contributed by atoms with E-state index in [4.69, 9.17) is 16.6 Å². The highest BCUT2D eigenvalue weighted by molar-refractivity contribution is 7.91. The number of sulfonamides is 1. The molecule has 0 N–H and O–H groups in total. The van der Waals surface area contributed by atoms with Crippen LogP contribution in [0.5, 0.6) is 0 Å². The Morgan fingerprint density at radius 2 is 1.85 bits per heavy atom. The molecule has 5 rings (SSSR count). The average molecular weight is 525 g/mol. The molecule has 4 heterocycles. The molecule has 0 radical (unpaired) electrons. The predicted molar refractivity (Wildman–Crippen MR) is 134 cm³/mol. The van der Waals surface area contributed by atoms with E-state index in [-0.39, 0.29) is 10.1 Å². The molecule has 3 aromatic rings. The molecule has 2 aromatic heterocycles. The number of fused-ring (bicyclic) bond motifs is 1. The van der Waals surface area contributed by atoms with Crippen LogP contribution < -0.4 is 4.90 Å². The third kappa shape index (κ3) is 4.27. The van der Waals surface area contributed by atoms with E-state index in [2.05, 4.69) is 30.9 Å². The molecule has 2 aliphatic heterocycles. The van der Waals surface area contributed by atoms with Crippen LogP contribution in [0.4, 0.5) is 5.13 Å². The zero-order valence-corrected chi connectivity index (χ0v) is 21.7. The molecule has 176 valence electrons. The molecule has 33 heavy (non-hydrogen) atoms. The lowest BCUT2D eigenvalue weighted by molar-refractivity contribution is -0.134. The largest absolute Gasteiger partial charge is 0.345 e. The summed E-state index contributed by atoms with van der Waals surface area (Å²) >= 11 is 8.67. The van der Waals surface area contributed by atoms with Crippen molar-refractivity contribution in [2.75, 3.05) is 37.6 Å². The van der Waals surface area contributed by atoms with E-state index in [9.17, 15) is 13.2 Å². The van der Waals surface area contributed by atoms with E-state index >= 15 is 0 Å². The van der Waals surface area contributed by atoms with Crippen LogP contribution in [0.2, 0.25) is 4.34 Å². The minimum Gasteiger partial charge on any atom is -0.345 e. The normalized spacial score (nSPS) is 20.2. The summed E-state index contributed by atoms with van der Waals surface area (Å²) in [6, 6.07) is 6.77. The molecule has 2 fully saturated rings. The van der Waals surface area contributed by atoms with Gasteiger partial charge in [-0.25, -0.2) is 13.4 Å². The first kappa shape index (κ1) is 23.0. The standard InChI is InChI=1S/C22H25ClN4O3S3/c1-14-12-15(2)20-17(13-14)31-22(24-20)26-10-8-25(9-11-26)21(28)16-4-3-7-27(16)33(29,30)19-6-5-18(23)32-19/h5-6,12-13,16H,3-4,7-11H2,1-2H3/t16-/m0/s1. The third-order valence-electron chi connectivity index (χ3n) is 6.28. The number of halogens is 1. The van der Waals surface area contributed by atoms with E-state index in [0.717, 1.165) is 22.0 Å². The first-order valence-electron chi connectivity index (χ1n) is 10.9. The molecule has 7 nitrogen and oxygen atoms in total. The molecule has 2 saturated heterocycles. The van der Waals surface area contributed by atoms with Crippen molar-refractivity contribution in [3.63, 3.8) is 0 Å². The van der Waals surface area contributed by atoms with Crippen LogP contribution in [0.3, 0.4) is 0 Å². The number of rotatable bonds is 4. The number of carbonyl (C=O) groups excluding carboxylic acids is 1. The van der Waals surface area contributed by atoms with E-state index in [1.165, 1.54) is 26.2 Å². The van der Waals surface area contributed by atoms with Crippen molar-refractivity contribution in [3.05, 3.63) is 39.7 Å². The fourth-order valence-corrected chi connectivity index (χ4v) is 9.11. The average Bonchev–Trinajstić information content (AvgIpc) is 3.52. The minimum absolute atomic E-state index is 0.103. The van der Waals surface area contributed by atoms with Crippen molar-refractivity contribution in [1.82, 2.24) is 14.2 Å². The monoisotopic (exact) mass is 524 g/mol. The highest BCUT2D eigenvalue weighted by Crippen LogP contribution is 2.34. The van der Waals surface area contributed by atoms with Gasteiger partial charge in [0.15, 0.2) is 5.13 Å². The maximum absolute atomic E-state index is 13.3.